The summed E-state index contributed by atoms with van der Waals surface area (Å²) in [7, 11) is 0.234. The zero-order valence-corrected chi connectivity index (χ0v) is 13.9. The molecule has 102 valence electrons. The molecule has 2 heteroatoms. The van der Waals surface area contributed by atoms with Gasteiger partial charge in [-0.05, 0) is 28.8 Å². The van der Waals surface area contributed by atoms with E-state index in [1.165, 1.54) is 0 Å². The molecule has 0 amide bonds. The molecule has 0 atom stereocenters. The fourth-order valence-electron chi connectivity index (χ4n) is 3.88. The Kier molecular flexibility index (Phi) is 5.03. The lowest BCUT2D eigenvalue weighted by Gasteiger charge is -2.43. The highest BCUT2D eigenvalue weighted by Gasteiger charge is 2.44. The molecular formula is C16H28OSi. The lowest BCUT2D eigenvalue weighted by Crippen LogP contribution is -2.55. The van der Waals surface area contributed by atoms with E-state index < -0.39 is 8.07 Å². The van der Waals surface area contributed by atoms with Crippen LogP contribution in [0.1, 0.15) is 41.5 Å². The Morgan fingerprint density at radius 2 is 1.17 bits per heavy atom. The Morgan fingerprint density at radius 1 is 0.778 bits per heavy atom. The van der Waals surface area contributed by atoms with E-state index in [-0.39, 0.29) is 0 Å². The van der Waals surface area contributed by atoms with E-state index in [2.05, 4.69) is 65.8 Å². The van der Waals surface area contributed by atoms with Gasteiger partial charge in [-0.3, -0.25) is 0 Å². The Bertz CT molecular complexity index is 343. The van der Waals surface area contributed by atoms with Crippen molar-refractivity contribution in [1.29, 1.82) is 0 Å². The van der Waals surface area contributed by atoms with E-state index in [0.29, 0.717) is 0 Å². The molecule has 0 saturated carbocycles. The highest BCUT2D eigenvalue weighted by atomic mass is 28.3. The van der Waals surface area contributed by atoms with E-state index >= 15 is 0 Å². The van der Waals surface area contributed by atoms with Gasteiger partial charge in [0.15, 0.2) is 0 Å². The third kappa shape index (κ3) is 2.49. The molecule has 0 radical (unpaired) electrons. The maximum atomic E-state index is 5.28. The molecule has 1 nitrogen and oxygen atoms in total. The molecule has 0 aliphatic rings. The smallest absolute Gasteiger partial charge is 0.118 e. The second-order valence-electron chi connectivity index (χ2n) is 6.13. The second kappa shape index (κ2) is 5.92. The number of rotatable bonds is 5. The van der Waals surface area contributed by atoms with Crippen LogP contribution < -0.4 is 9.92 Å². The maximum Gasteiger partial charge on any atom is 0.118 e. The molecule has 1 aromatic carbocycles. The van der Waals surface area contributed by atoms with Gasteiger partial charge in [-0.15, -0.1) is 0 Å². The summed E-state index contributed by atoms with van der Waals surface area (Å²) in [4.78, 5) is 0. The molecule has 0 saturated heterocycles. The standard InChI is InChI=1S/C16H28OSi/c1-12(2)18(13(3)4,14(5)6)16-10-8-15(17-7)9-11-16/h8-14H,1-7H3. The fraction of sp³-hybridized carbons (Fsp3) is 0.625. The van der Waals surface area contributed by atoms with Crippen LogP contribution in [0, 0.1) is 0 Å². The molecule has 0 aliphatic heterocycles. The summed E-state index contributed by atoms with van der Waals surface area (Å²) < 4.78 is 5.28. The minimum absolute atomic E-state index is 0.755. The monoisotopic (exact) mass is 264 g/mol. The molecule has 0 aliphatic carbocycles. The number of benzene rings is 1. The minimum atomic E-state index is -1.49. The zero-order chi connectivity index (χ0) is 13.9. The summed E-state index contributed by atoms with van der Waals surface area (Å²) in [6.45, 7) is 14.4. The van der Waals surface area contributed by atoms with E-state index in [1.54, 1.807) is 12.3 Å². The SMILES string of the molecule is COc1ccc([Si](C(C)C)(C(C)C)C(C)C)cc1. The molecule has 0 aromatic heterocycles. The summed E-state index contributed by atoms with van der Waals surface area (Å²) in [6.07, 6.45) is 0. The lowest BCUT2D eigenvalue weighted by molar-refractivity contribution is 0.415. The molecule has 0 N–H and O–H groups in total. The van der Waals surface area contributed by atoms with Crippen molar-refractivity contribution < 1.29 is 4.74 Å². The molecule has 0 unspecified atom stereocenters. The van der Waals surface area contributed by atoms with Gasteiger partial charge in [-0.1, -0.05) is 58.9 Å². The molecule has 0 bridgehead atoms. The van der Waals surface area contributed by atoms with Gasteiger partial charge in [-0.2, -0.15) is 0 Å². The van der Waals surface area contributed by atoms with Crippen molar-refractivity contribution in [3.05, 3.63) is 24.3 Å². The third-order valence-corrected chi connectivity index (χ3v) is 11.5. The van der Waals surface area contributed by atoms with Crippen LogP contribution in [-0.2, 0) is 0 Å². The first-order chi connectivity index (χ1) is 8.37. The zero-order valence-electron chi connectivity index (χ0n) is 12.9. The second-order valence-corrected chi connectivity index (χ2v) is 12.0. The van der Waals surface area contributed by atoms with Crippen molar-refractivity contribution >= 4 is 13.3 Å². The summed E-state index contributed by atoms with van der Waals surface area (Å²) >= 11 is 0. The van der Waals surface area contributed by atoms with Gasteiger partial charge in [0.05, 0.1) is 15.2 Å². The lowest BCUT2D eigenvalue weighted by atomic mass is 10.3. The Balaban J connectivity index is 3.32. The number of methoxy groups -OCH3 is 1. The topological polar surface area (TPSA) is 9.23 Å². The first-order valence-corrected chi connectivity index (χ1v) is 9.25. The van der Waals surface area contributed by atoms with Crippen molar-refractivity contribution in [2.75, 3.05) is 7.11 Å². The van der Waals surface area contributed by atoms with Crippen LogP contribution in [-0.4, -0.2) is 15.2 Å². The van der Waals surface area contributed by atoms with Gasteiger partial charge >= 0.3 is 0 Å². The van der Waals surface area contributed by atoms with Crippen LogP contribution in [0.25, 0.3) is 0 Å². The van der Waals surface area contributed by atoms with Crippen LogP contribution in [0.2, 0.25) is 16.6 Å². The van der Waals surface area contributed by atoms with Gasteiger partial charge in [0, 0.05) is 0 Å². The largest absolute Gasteiger partial charge is 0.497 e. The van der Waals surface area contributed by atoms with E-state index in [0.717, 1.165) is 22.4 Å². The Hall–Kier alpha value is -0.763. The average Bonchev–Trinajstić information content (AvgIpc) is 2.29. The summed E-state index contributed by atoms with van der Waals surface area (Å²) in [5.41, 5.74) is 2.27. The summed E-state index contributed by atoms with van der Waals surface area (Å²) in [5, 5.41) is 1.57. The van der Waals surface area contributed by atoms with E-state index in [4.69, 9.17) is 4.74 Å². The van der Waals surface area contributed by atoms with Crippen molar-refractivity contribution in [2.45, 2.75) is 58.2 Å². The van der Waals surface area contributed by atoms with Crippen LogP contribution >= 0.6 is 0 Å². The van der Waals surface area contributed by atoms with Crippen molar-refractivity contribution in [3.8, 4) is 5.75 Å². The highest BCUT2D eigenvalue weighted by Crippen LogP contribution is 2.41. The quantitative estimate of drug-likeness (QED) is 0.707. The third-order valence-electron chi connectivity index (χ3n) is 4.46. The van der Waals surface area contributed by atoms with Crippen molar-refractivity contribution in [2.24, 2.45) is 0 Å². The van der Waals surface area contributed by atoms with Gasteiger partial charge in [-0.25, -0.2) is 0 Å². The molecule has 0 fully saturated rings. The maximum absolute atomic E-state index is 5.28. The van der Waals surface area contributed by atoms with Crippen LogP contribution in [0.3, 0.4) is 0 Å². The average molecular weight is 264 g/mol. The van der Waals surface area contributed by atoms with Gasteiger partial charge < -0.3 is 4.74 Å². The number of hydrogen-bond donors (Lipinski definition) is 0. The van der Waals surface area contributed by atoms with E-state index in [1.807, 2.05) is 0 Å². The Morgan fingerprint density at radius 3 is 1.44 bits per heavy atom. The Labute approximate surface area is 114 Å². The predicted octanol–water partition coefficient (Wildman–Crippen LogP) is 4.58. The molecule has 0 spiro atoms. The first-order valence-electron chi connectivity index (χ1n) is 7.01. The molecule has 0 heterocycles. The highest BCUT2D eigenvalue weighted by molar-refractivity contribution is 6.95. The summed E-state index contributed by atoms with van der Waals surface area (Å²) in [5.74, 6) is 0.956. The minimum Gasteiger partial charge on any atom is -0.497 e. The van der Waals surface area contributed by atoms with Crippen molar-refractivity contribution in [3.63, 3.8) is 0 Å². The molecule has 18 heavy (non-hydrogen) atoms. The van der Waals surface area contributed by atoms with Crippen LogP contribution in [0.5, 0.6) is 5.75 Å². The predicted molar refractivity (Wildman–Crippen MR) is 83.7 cm³/mol. The van der Waals surface area contributed by atoms with Gasteiger partial charge in [0.2, 0.25) is 0 Å². The molecular weight excluding hydrogens is 236 g/mol. The number of ether oxygens (including phenoxy) is 1. The van der Waals surface area contributed by atoms with Gasteiger partial charge in [0.1, 0.15) is 5.75 Å². The van der Waals surface area contributed by atoms with Crippen LogP contribution in [0.15, 0.2) is 24.3 Å². The van der Waals surface area contributed by atoms with Gasteiger partial charge in [0.25, 0.3) is 0 Å². The van der Waals surface area contributed by atoms with Crippen LogP contribution in [0.4, 0.5) is 0 Å². The molecule has 1 rings (SSSR count). The summed E-state index contributed by atoms with van der Waals surface area (Å²) in [6, 6.07) is 8.82. The molecule has 1 aromatic rings. The fourth-order valence-corrected chi connectivity index (χ4v) is 10.6. The normalized spacial score (nSPS) is 12.6. The van der Waals surface area contributed by atoms with Crippen molar-refractivity contribution in [1.82, 2.24) is 0 Å². The van der Waals surface area contributed by atoms with E-state index in [9.17, 15) is 0 Å². The first kappa shape index (κ1) is 15.3. The number of hydrogen-bond acceptors (Lipinski definition) is 1.